The van der Waals surface area contributed by atoms with Crippen molar-refractivity contribution in [3.63, 3.8) is 0 Å². The highest BCUT2D eigenvalue weighted by atomic mass is 28.4. The van der Waals surface area contributed by atoms with Crippen molar-refractivity contribution in [1.82, 2.24) is 0 Å². The number of hydrogen-bond acceptors (Lipinski definition) is 5. The lowest BCUT2D eigenvalue weighted by Crippen LogP contribution is -2.69. The first-order valence-electron chi connectivity index (χ1n) is 15.8. The van der Waals surface area contributed by atoms with Gasteiger partial charge in [-0.2, -0.15) is 0 Å². The largest absolute Gasteiger partial charge is 0.411 e. The molecule has 0 spiro atoms. The van der Waals surface area contributed by atoms with Gasteiger partial charge in [-0.3, -0.25) is 0 Å². The minimum atomic E-state index is -2.71. The zero-order valence-electron chi connectivity index (χ0n) is 25.5. The van der Waals surface area contributed by atoms with Crippen molar-refractivity contribution in [2.75, 3.05) is 0 Å². The molecule has 4 saturated carbocycles. The van der Waals surface area contributed by atoms with Crippen molar-refractivity contribution in [3.8, 4) is 0 Å². The predicted octanol–water partition coefficient (Wildman–Crippen LogP) is 5.75. The monoisotopic (exact) mass is 575 g/mol. The van der Waals surface area contributed by atoms with Crippen LogP contribution in [-0.2, 0) is 4.43 Å². The summed E-state index contributed by atoms with van der Waals surface area (Å²) in [5, 5.41) is 39.5. The fourth-order valence-electron chi connectivity index (χ4n) is 10.2. The average molecular weight is 576 g/mol. The van der Waals surface area contributed by atoms with Gasteiger partial charge in [0.1, 0.15) is 0 Å². The van der Waals surface area contributed by atoms with Crippen molar-refractivity contribution in [2.24, 2.45) is 39.7 Å². The number of nitrogens with zero attached hydrogens (tertiary/aromatic N) is 1. The Morgan fingerprint density at radius 2 is 1.41 bits per heavy atom. The third-order valence-electron chi connectivity index (χ3n) is 12.3. The van der Waals surface area contributed by atoms with E-state index in [0.29, 0.717) is 5.92 Å². The summed E-state index contributed by atoms with van der Waals surface area (Å²) in [6.45, 7) is 11.6. The van der Waals surface area contributed by atoms with Crippen molar-refractivity contribution >= 4 is 24.4 Å². The molecule has 41 heavy (non-hydrogen) atoms. The molecule has 4 aliphatic rings. The number of aliphatic hydroxyl groups is 2. The molecular weight excluding hydrogens is 526 g/mol. The molecule has 9 atom stereocenters. The minimum absolute atomic E-state index is 0.00699. The first kappa shape index (κ1) is 29.1. The molecule has 0 radical (unpaired) electrons. The fourth-order valence-corrected chi connectivity index (χ4v) is 15.0. The Morgan fingerprint density at radius 1 is 0.805 bits per heavy atom. The van der Waals surface area contributed by atoms with E-state index in [0.717, 1.165) is 50.7 Å². The number of aliphatic hydroxyl groups excluding tert-OH is 2. The number of fused-ring (bicyclic) bond motifs is 5. The van der Waals surface area contributed by atoms with Gasteiger partial charge < -0.3 is 19.8 Å². The van der Waals surface area contributed by atoms with Gasteiger partial charge in [0.05, 0.1) is 17.9 Å². The summed E-state index contributed by atoms with van der Waals surface area (Å²) in [4.78, 5) is 0. The van der Waals surface area contributed by atoms with E-state index in [4.69, 9.17) is 4.43 Å². The highest BCUT2D eigenvalue weighted by Crippen LogP contribution is 2.66. The van der Waals surface area contributed by atoms with E-state index in [1.807, 2.05) is 0 Å². The lowest BCUT2D eigenvalue weighted by Gasteiger charge is -2.63. The van der Waals surface area contributed by atoms with E-state index in [-0.39, 0.29) is 39.7 Å². The van der Waals surface area contributed by atoms with Crippen molar-refractivity contribution in [1.29, 1.82) is 0 Å². The highest BCUT2D eigenvalue weighted by molar-refractivity contribution is 6.99. The third-order valence-corrected chi connectivity index (χ3v) is 17.4. The molecule has 0 heterocycles. The Kier molecular flexibility index (Phi) is 7.33. The quantitative estimate of drug-likeness (QED) is 0.247. The molecule has 3 N–H and O–H groups in total. The first-order valence-corrected chi connectivity index (χ1v) is 17.7. The van der Waals surface area contributed by atoms with Crippen LogP contribution in [-0.4, -0.2) is 47.8 Å². The van der Waals surface area contributed by atoms with Crippen LogP contribution in [0.2, 0.25) is 5.04 Å². The normalized spacial score (nSPS) is 40.1. The molecule has 2 aromatic carbocycles. The van der Waals surface area contributed by atoms with E-state index in [1.54, 1.807) is 0 Å². The van der Waals surface area contributed by atoms with Crippen LogP contribution < -0.4 is 10.4 Å². The zero-order valence-corrected chi connectivity index (χ0v) is 26.5. The topological polar surface area (TPSA) is 82.3 Å². The molecule has 5 nitrogen and oxygen atoms in total. The molecule has 2 aromatic rings. The fraction of sp³-hybridized carbons (Fsp3) is 0.629. The molecule has 4 aliphatic carbocycles. The average Bonchev–Trinajstić information content (AvgIpc) is 3.31. The summed E-state index contributed by atoms with van der Waals surface area (Å²) in [5.74, 6) is 0.641. The van der Waals surface area contributed by atoms with E-state index in [1.165, 1.54) is 10.4 Å². The molecule has 0 bridgehead atoms. The van der Waals surface area contributed by atoms with E-state index < -0.39 is 20.5 Å². The Labute approximate surface area is 247 Å². The maximum atomic E-state index is 11.8. The Bertz CT molecular complexity index is 1220. The summed E-state index contributed by atoms with van der Waals surface area (Å²) < 4.78 is 7.55. The molecule has 6 heteroatoms. The molecule has 222 valence electrons. The Morgan fingerprint density at radius 3 is 1.98 bits per heavy atom. The standard InChI is InChI=1S/C35H49NO4Si/c1-33(2,3)41(24-12-8-6-9-13-24,25-14-10-7-11-15-25)40-23-18-20-34(4)27-19-21-35(5)26(16-17-29(35)36-39)30(27)32(38)31(37)28(34)22-23/h6-15,23,26-28,30-32,37-39H,16-22H2,1-5H3/t23-,26-,27-,28+,30-,31+,32+,34+,35-/m0/s1. The van der Waals surface area contributed by atoms with Crippen molar-refractivity contribution in [2.45, 2.75) is 103 Å². The second-order valence-electron chi connectivity index (χ2n) is 15.1. The van der Waals surface area contributed by atoms with Gasteiger partial charge in [0.15, 0.2) is 0 Å². The Balaban J connectivity index is 1.33. The zero-order chi connectivity index (χ0) is 29.2. The summed E-state index contributed by atoms with van der Waals surface area (Å²) in [6.07, 6.45) is 4.94. The molecule has 0 unspecified atom stereocenters. The summed E-state index contributed by atoms with van der Waals surface area (Å²) in [7, 11) is -2.71. The van der Waals surface area contributed by atoms with Gasteiger partial charge in [-0.05, 0) is 89.4 Å². The molecule has 4 fully saturated rings. The van der Waals surface area contributed by atoms with Crippen LogP contribution in [0.3, 0.4) is 0 Å². The van der Waals surface area contributed by atoms with Gasteiger partial charge in [-0.1, -0.05) is 100 Å². The SMILES string of the molecule is CC(C)(C)[Si](O[C@H]1CC[C@@]2(C)[C@H](C1)[C@@H](O)[C@H](O)[C@@H]1[C@@H]2CC[C@]2(C)C(=NO)CC[C@@H]12)(c1ccccc1)c1ccccc1. The van der Waals surface area contributed by atoms with Gasteiger partial charge >= 0.3 is 0 Å². The van der Waals surface area contributed by atoms with E-state index in [2.05, 4.69) is 100 Å². The molecule has 0 aromatic heterocycles. The van der Waals surface area contributed by atoms with E-state index in [9.17, 15) is 15.4 Å². The maximum Gasteiger partial charge on any atom is 0.261 e. The summed E-state index contributed by atoms with van der Waals surface area (Å²) in [6, 6.07) is 21.6. The van der Waals surface area contributed by atoms with Crippen molar-refractivity contribution in [3.05, 3.63) is 60.7 Å². The second-order valence-corrected chi connectivity index (χ2v) is 19.4. The summed E-state index contributed by atoms with van der Waals surface area (Å²) in [5.41, 5.74) is 0.663. The van der Waals surface area contributed by atoms with E-state index >= 15 is 0 Å². The van der Waals surface area contributed by atoms with Crippen LogP contribution in [0.1, 0.15) is 79.6 Å². The van der Waals surface area contributed by atoms with Gasteiger partial charge in [0, 0.05) is 11.5 Å². The number of hydrogen-bond donors (Lipinski definition) is 3. The van der Waals surface area contributed by atoms with Crippen LogP contribution >= 0.6 is 0 Å². The van der Waals surface area contributed by atoms with Crippen LogP contribution in [0.15, 0.2) is 65.8 Å². The predicted molar refractivity (Wildman–Crippen MR) is 166 cm³/mol. The smallest absolute Gasteiger partial charge is 0.261 e. The lowest BCUT2D eigenvalue weighted by molar-refractivity contribution is -0.215. The molecule has 0 aliphatic heterocycles. The van der Waals surface area contributed by atoms with Crippen LogP contribution in [0.5, 0.6) is 0 Å². The second kappa shape index (κ2) is 10.3. The lowest BCUT2D eigenvalue weighted by atomic mass is 9.44. The van der Waals surface area contributed by atoms with Crippen LogP contribution in [0, 0.1) is 34.5 Å². The third kappa shape index (κ3) is 4.30. The Hall–Kier alpha value is -1.99. The van der Waals surface area contributed by atoms with Gasteiger partial charge in [0.2, 0.25) is 0 Å². The van der Waals surface area contributed by atoms with Gasteiger partial charge in [-0.25, -0.2) is 0 Å². The van der Waals surface area contributed by atoms with Crippen LogP contribution in [0.4, 0.5) is 0 Å². The maximum absolute atomic E-state index is 11.8. The number of oxime groups is 1. The van der Waals surface area contributed by atoms with Crippen molar-refractivity contribution < 1.29 is 19.8 Å². The van der Waals surface area contributed by atoms with Crippen LogP contribution in [0.25, 0.3) is 0 Å². The number of benzene rings is 2. The first-order chi connectivity index (χ1) is 19.5. The van der Waals surface area contributed by atoms with Gasteiger partial charge in [-0.15, -0.1) is 0 Å². The molecule has 0 saturated heterocycles. The molecule has 6 rings (SSSR count). The highest BCUT2D eigenvalue weighted by Gasteiger charge is 2.65. The van der Waals surface area contributed by atoms with Gasteiger partial charge in [0.25, 0.3) is 8.32 Å². The number of rotatable bonds is 4. The molecule has 0 amide bonds. The summed E-state index contributed by atoms with van der Waals surface area (Å²) >= 11 is 0. The minimum Gasteiger partial charge on any atom is -0.411 e. The molecular formula is C35H49NO4Si.